The molecule has 1 aromatic heterocycles. The number of aromatic nitrogens is 1. The van der Waals surface area contributed by atoms with Gasteiger partial charge in [0.15, 0.2) is 5.78 Å². The number of nitrogens with zero attached hydrogens (tertiary/aromatic N) is 2. The summed E-state index contributed by atoms with van der Waals surface area (Å²) in [5.41, 5.74) is 2.08. The van der Waals surface area contributed by atoms with E-state index in [-0.39, 0.29) is 24.3 Å². The van der Waals surface area contributed by atoms with Gasteiger partial charge < -0.3 is 10.2 Å². The number of halogens is 1. The van der Waals surface area contributed by atoms with Gasteiger partial charge in [-0.3, -0.25) is 9.78 Å². The number of carbonyl (C=O) groups excluding carboxylic acids is 1. The van der Waals surface area contributed by atoms with Crippen molar-refractivity contribution in [3.05, 3.63) is 34.4 Å². The predicted molar refractivity (Wildman–Crippen MR) is 107 cm³/mol. The van der Waals surface area contributed by atoms with Gasteiger partial charge >= 0.3 is 0 Å². The maximum atomic E-state index is 12.2. The molecule has 134 valence electrons. The van der Waals surface area contributed by atoms with Crippen LogP contribution in [0.4, 0.5) is 5.69 Å². The van der Waals surface area contributed by atoms with Crippen molar-refractivity contribution >= 4 is 38.3 Å². The normalized spacial score (nSPS) is 25.4. The Morgan fingerprint density at radius 2 is 2.12 bits per heavy atom. The third-order valence-electron chi connectivity index (χ3n) is 4.85. The predicted octanol–water partition coefficient (Wildman–Crippen LogP) is 4.73. The number of fused-ring (bicyclic) bond motifs is 1. The second kappa shape index (κ2) is 7.83. The van der Waals surface area contributed by atoms with E-state index < -0.39 is 14.0 Å². The van der Waals surface area contributed by atoms with E-state index in [0.717, 1.165) is 33.9 Å². The fraction of sp³-hybridized carbons (Fsp3) is 0.500. The van der Waals surface area contributed by atoms with Gasteiger partial charge in [0.2, 0.25) is 0 Å². The fourth-order valence-electron chi connectivity index (χ4n) is 3.54. The summed E-state index contributed by atoms with van der Waals surface area (Å²) in [6.07, 6.45) is 4.54. The molecule has 25 heavy (non-hydrogen) atoms. The van der Waals surface area contributed by atoms with Gasteiger partial charge in [-0.05, 0) is 70.7 Å². The first kappa shape index (κ1) is 12.0. The van der Waals surface area contributed by atoms with E-state index in [1.165, 1.54) is 6.92 Å². The van der Waals surface area contributed by atoms with Crippen LogP contribution in [0.2, 0.25) is 0 Å². The van der Waals surface area contributed by atoms with Gasteiger partial charge in [0.25, 0.3) is 0 Å². The molecular formula is C20H26BrN3O. The fourth-order valence-corrected chi connectivity index (χ4v) is 3.90. The lowest BCUT2D eigenvalue weighted by Gasteiger charge is -2.32. The topological polar surface area (TPSA) is 45.2 Å². The van der Waals surface area contributed by atoms with Crippen LogP contribution in [0.3, 0.4) is 0 Å². The van der Waals surface area contributed by atoms with E-state index >= 15 is 0 Å². The molecule has 4 nitrogen and oxygen atoms in total. The molecule has 0 bridgehead atoms. The molecule has 1 aliphatic carbocycles. The van der Waals surface area contributed by atoms with Crippen molar-refractivity contribution in [3.63, 3.8) is 0 Å². The summed E-state index contributed by atoms with van der Waals surface area (Å²) < 4.78 is 46.2. The number of hydrogen-bond donors (Lipinski definition) is 1. The summed E-state index contributed by atoms with van der Waals surface area (Å²) in [5, 5.41) is 4.38. The molecule has 1 fully saturated rings. The van der Waals surface area contributed by atoms with Crippen molar-refractivity contribution in [2.75, 3.05) is 25.8 Å². The molecule has 5 heteroatoms. The van der Waals surface area contributed by atoms with Gasteiger partial charge in [0.1, 0.15) is 0 Å². The molecule has 0 radical (unpaired) electrons. The SMILES string of the molecule is [2H]C([2H])([2H])N(C[C@H]1CC[C@H](Nc2c(C(C)=O)cnc3ccc(Br)cc23)CC1)C([2H])([2H])[2H]. The summed E-state index contributed by atoms with van der Waals surface area (Å²) in [6.45, 7) is -3.77. The Balaban J connectivity index is 1.74. The Morgan fingerprint density at radius 3 is 2.80 bits per heavy atom. The van der Waals surface area contributed by atoms with Gasteiger partial charge in [-0.25, -0.2) is 0 Å². The highest BCUT2D eigenvalue weighted by Gasteiger charge is 2.23. The van der Waals surface area contributed by atoms with Crippen LogP contribution < -0.4 is 5.32 Å². The second-order valence-electron chi connectivity index (χ2n) is 6.74. The molecule has 0 atom stereocenters. The van der Waals surface area contributed by atoms with E-state index in [1.807, 2.05) is 18.2 Å². The van der Waals surface area contributed by atoms with Crippen LogP contribution in [-0.4, -0.2) is 42.2 Å². The van der Waals surface area contributed by atoms with E-state index in [2.05, 4.69) is 26.2 Å². The van der Waals surface area contributed by atoms with Crippen molar-refractivity contribution in [1.82, 2.24) is 9.88 Å². The molecule has 1 saturated carbocycles. The van der Waals surface area contributed by atoms with Crippen molar-refractivity contribution in [3.8, 4) is 0 Å². The van der Waals surface area contributed by atoms with Gasteiger partial charge in [-0.1, -0.05) is 15.9 Å². The number of carbonyl (C=O) groups is 1. The lowest BCUT2D eigenvalue weighted by molar-refractivity contribution is 0.101. The van der Waals surface area contributed by atoms with Crippen LogP contribution in [0.25, 0.3) is 10.9 Å². The van der Waals surface area contributed by atoms with Gasteiger partial charge in [-0.15, -0.1) is 0 Å². The summed E-state index contributed by atoms with van der Waals surface area (Å²) >= 11 is 3.48. The standard InChI is InChI=1S/C20H26BrN3O/c1-13(25)18-11-22-19-9-6-15(21)10-17(19)20(18)23-16-7-4-14(5-8-16)12-24(2)3/h6,9-11,14,16H,4-5,7-8,12H2,1-3H3,(H,22,23)/t14-,16-/i2D3,3D3. The maximum Gasteiger partial charge on any atom is 0.163 e. The zero-order chi connectivity index (χ0) is 23.0. The number of ketones is 1. The Bertz CT molecular complexity index is 940. The average Bonchev–Trinajstić information content (AvgIpc) is 2.65. The van der Waals surface area contributed by atoms with Crippen molar-refractivity contribution in [2.24, 2.45) is 5.92 Å². The average molecular weight is 410 g/mol. The number of Topliss-reactive ketones (excluding diaryl/α,β-unsaturated/α-hetero) is 1. The number of rotatable bonds is 5. The number of anilines is 1. The third kappa shape index (κ3) is 4.39. The van der Waals surface area contributed by atoms with E-state index in [1.54, 1.807) is 6.20 Å². The minimum absolute atomic E-state index is 0.00509. The Labute approximate surface area is 166 Å². The summed E-state index contributed by atoms with van der Waals surface area (Å²) in [5.74, 6) is -0.0777. The van der Waals surface area contributed by atoms with Crippen molar-refractivity contribution in [1.29, 1.82) is 0 Å². The van der Waals surface area contributed by atoms with Crippen molar-refractivity contribution < 1.29 is 13.0 Å². The quantitative estimate of drug-likeness (QED) is 0.724. The van der Waals surface area contributed by atoms with Crippen molar-refractivity contribution in [2.45, 2.75) is 38.6 Å². The first-order chi connectivity index (χ1) is 14.4. The summed E-state index contributed by atoms with van der Waals surface area (Å²) in [6, 6.07) is 5.84. The molecule has 1 aliphatic rings. The third-order valence-corrected chi connectivity index (χ3v) is 5.34. The molecule has 1 N–H and O–H groups in total. The number of pyridine rings is 1. The number of hydrogen-bond acceptors (Lipinski definition) is 4. The first-order valence-corrected chi connectivity index (χ1v) is 9.29. The van der Waals surface area contributed by atoms with Crippen LogP contribution in [0.1, 0.15) is 51.2 Å². The molecule has 3 rings (SSSR count). The smallest absolute Gasteiger partial charge is 0.163 e. The molecule has 0 saturated heterocycles. The Morgan fingerprint density at radius 1 is 1.36 bits per heavy atom. The second-order valence-corrected chi connectivity index (χ2v) is 7.65. The molecule has 0 amide bonds. The molecule has 0 spiro atoms. The van der Waals surface area contributed by atoms with Crippen LogP contribution >= 0.6 is 15.9 Å². The van der Waals surface area contributed by atoms with Gasteiger partial charge in [0.05, 0.1) is 16.8 Å². The largest absolute Gasteiger partial charge is 0.381 e. The Hall–Kier alpha value is -1.46. The lowest BCUT2D eigenvalue weighted by Crippen LogP contribution is -2.31. The zero-order valence-corrected chi connectivity index (χ0v) is 15.8. The first-order valence-electron chi connectivity index (χ1n) is 11.5. The van der Waals surface area contributed by atoms with E-state index in [0.29, 0.717) is 23.3 Å². The Kier molecular flexibility index (Phi) is 3.77. The molecule has 1 heterocycles. The lowest BCUT2D eigenvalue weighted by atomic mass is 9.85. The van der Waals surface area contributed by atoms with E-state index in [4.69, 9.17) is 8.22 Å². The number of nitrogens with one attached hydrogen (secondary N) is 1. The van der Waals surface area contributed by atoms with Crippen LogP contribution in [-0.2, 0) is 0 Å². The molecule has 1 aromatic carbocycles. The zero-order valence-electron chi connectivity index (χ0n) is 20.2. The van der Waals surface area contributed by atoms with E-state index in [9.17, 15) is 4.79 Å². The van der Waals surface area contributed by atoms with Gasteiger partial charge in [0, 0.05) is 36.9 Å². The molecular weight excluding hydrogens is 378 g/mol. The summed E-state index contributed by atoms with van der Waals surface area (Å²) in [7, 11) is 0. The highest BCUT2D eigenvalue weighted by molar-refractivity contribution is 9.10. The number of benzene rings is 1. The highest BCUT2D eigenvalue weighted by Crippen LogP contribution is 2.33. The van der Waals surface area contributed by atoms with Crippen LogP contribution in [0.5, 0.6) is 0 Å². The molecule has 0 aliphatic heterocycles. The summed E-state index contributed by atoms with van der Waals surface area (Å²) in [4.78, 5) is 17.2. The maximum absolute atomic E-state index is 12.2. The monoisotopic (exact) mass is 409 g/mol. The minimum Gasteiger partial charge on any atom is -0.381 e. The molecule has 2 aromatic rings. The molecule has 0 unspecified atom stereocenters. The minimum atomic E-state index is -2.65. The van der Waals surface area contributed by atoms with Crippen LogP contribution in [0, 0.1) is 5.92 Å². The van der Waals surface area contributed by atoms with Crippen LogP contribution in [0.15, 0.2) is 28.9 Å². The highest BCUT2D eigenvalue weighted by atomic mass is 79.9. The van der Waals surface area contributed by atoms with Gasteiger partial charge in [-0.2, -0.15) is 0 Å².